The van der Waals surface area contributed by atoms with Gasteiger partial charge in [-0.2, -0.15) is 0 Å². The van der Waals surface area contributed by atoms with Gasteiger partial charge in [-0.15, -0.1) is 0 Å². The van der Waals surface area contributed by atoms with Crippen molar-refractivity contribution in [2.24, 2.45) is 11.8 Å². The second-order valence-electron chi connectivity index (χ2n) is 16.3. The van der Waals surface area contributed by atoms with Crippen LogP contribution in [0.15, 0.2) is 55.0 Å². The molecular weight excluding hydrogens is 806 g/mol. The molecule has 4 atom stereocenters. The minimum Gasteiger partial charge on any atom is -0.465 e. The van der Waals surface area contributed by atoms with Crippen LogP contribution in [0.5, 0.6) is 11.5 Å². The van der Waals surface area contributed by atoms with E-state index in [-0.39, 0.29) is 11.6 Å². The summed E-state index contributed by atoms with van der Waals surface area (Å²) in [7, 11) is 1.15. The highest BCUT2D eigenvalue weighted by atomic mass is 19.3. The fourth-order valence-corrected chi connectivity index (χ4v) is 8.41. The number of carboxylic acid groups (broad SMARTS) is 1. The fourth-order valence-electron chi connectivity index (χ4n) is 8.41. The van der Waals surface area contributed by atoms with Gasteiger partial charge in [-0.25, -0.2) is 37.1 Å². The number of nitrogens with one attached hydrogen (secondary N) is 4. The Morgan fingerprint density at radius 2 is 1.39 bits per heavy atom. The number of halogens is 4. The van der Waals surface area contributed by atoms with Crippen LogP contribution in [0.3, 0.4) is 0 Å². The molecule has 3 aromatic heterocycles. The van der Waals surface area contributed by atoms with Gasteiger partial charge >= 0.3 is 12.2 Å². The predicted molar refractivity (Wildman–Crippen MR) is 211 cm³/mol. The van der Waals surface area contributed by atoms with Crippen LogP contribution in [0.25, 0.3) is 39.1 Å². The molecule has 2 saturated heterocycles. The molecule has 0 aliphatic carbocycles. The molecule has 20 heteroatoms. The Kier molecular flexibility index (Phi) is 10.2. The van der Waals surface area contributed by atoms with Gasteiger partial charge in [-0.3, -0.25) is 9.59 Å². The van der Waals surface area contributed by atoms with Crippen LogP contribution < -0.4 is 15.4 Å². The van der Waals surface area contributed by atoms with Crippen LogP contribution in [0.4, 0.5) is 27.2 Å². The number of hydrogen-bond acceptors (Lipinski definition) is 8. The number of imidazole rings is 2. The number of fused-ring (bicyclic) bond motifs is 2. The molecular formula is C41H43F4N9O7. The first-order chi connectivity index (χ1) is 28.8. The fraction of sp³-hybridized carbons (Fsp3) is 0.415. The van der Waals surface area contributed by atoms with E-state index >= 15 is 0 Å². The van der Waals surface area contributed by atoms with E-state index in [4.69, 9.17) is 4.74 Å². The van der Waals surface area contributed by atoms with Crippen molar-refractivity contribution in [1.82, 2.24) is 44.9 Å². The van der Waals surface area contributed by atoms with Crippen LogP contribution in [0.2, 0.25) is 0 Å². The van der Waals surface area contributed by atoms with Gasteiger partial charge in [0.15, 0.2) is 11.5 Å². The third-order valence-electron chi connectivity index (χ3n) is 11.4. The highest BCUT2D eigenvalue weighted by molar-refractivity contribution is 6.00. The highest BCUT2D eigenvalue weighted by Gasteiger charge is 2.51. The van der Waals surface area contributed by atoms with E-state index in [9.17, 15) is 41.8 Å². The Hall–Kier alpha value is -6.60. The van der Waals surface area contributed by atoms with Crippen molar-refractivity contribution in [2.45, 2.75) is 76.5 Å². The number of carbonyl (C=O) groups is 4. The van der Waals surface area contributed by atoms with Crippen molar-refractivity contribution in [2.75, 3.05) is 20.2 Å². The van der Waals surface area contributed by atoms with E-state index in [1.807, 2.05) is 22.9 Å². The van der Waals surface area contributed by atoms with E-state index in [0.717, 1.165) is 27.8 Å². The van der Waals surface area contributed by atoms with E-state index in [1.165, 1.54) is 12.4 Å². The summed E-state index contributed by atoms with van der Waals surface area (Å²) in [6.45, 7) is 4.91. The number of benzene rings is 2. The monoisotopic (exact) mass is 849 g/mol. The lowest BCUT2D eigenvalue weighted by Gasteiger charge is -2.29. The van der Waals surface area contributed by atoms with Crippen LogP contribution in [-0.4, -0.2) is 108 Å². The molecule has 2 aromatic carbocycles. The quantitative estimate of drug-likeness (QED) is 0.0900. The maximum Gasteiger partial charge on any atom is 0.407 e. The molecule has 322 valence electrons. The molecule has 0 unspecified atom stereocenters. The minimum atomic E-state index is -3.22. The molecule has 6 heterocycles. The zero-order valence-corrected chi connectivity index (χ0v) is 33.6. The first-order valence-corrected chi connectivity index (χ1v) is 19.6. The van der Waals surface area contributed by atoms with Crippen LogP contribution in [-0.2, 0) is 14.3 Å². The van der Waals surface area contributed by atoms with Crippen molar-refractivity contribution < 1.29 is 51.3 Å². The highest BCUT2D eigenvalue weighted by Crippen LogP contribution is 2.47. The van der Waals surface area contributed by atoms with Gasteiger partial charge in [-0.1, -0.05) is 33.8 Å². The van der Waals surface area contributed by atoms with Crippen molar-refractivity contribution in [3.63, 3.8) is 0 Å². The maximum absolute atomic E-state index is 14.9. The summed E-state index contributed by atoms with van der Waals surface area (Å²) in [5.74, 6) is -7.48. The summed E-state index contributed by atoms with van der Waals surface area (Å²) < 4.78 is 72.5. The summed E-state index contributed by atoms with van der Waals surface area (Å²) in [5, 5.41) is 14.7. The second kappa shape index (κ2) is 15.1. The number of H-pyrrole nitrogens is 2. The van der Waals surface area contributed by atoms with E-state index in [2.05, 4.69) is 35.3 Å². The van der Waals surface area contributed by atoms with Gasteiger partial charge in [0.25, 0.3) is 11.8 Å². The predicted octanol–water partition coefficient (Wildman–Crippen LogP) is 7.01. The number of nitrogens with zero attached hydrogens (tertiary/aromatic N) is 5. The number of aromatic nitrogens is 5. The third kappa shape index (κ3) is 7.58. The summed E-state index contributed by atoms with van der Waals surface area (Å²) >= 11 is 0. The van der Waals surface area contributed by atoms with Gasteiger partial charge in [0, 0.05) is 35.6 Å². The molecule has 0 bridgehead atoms. The number of aromatic amines is 2. The van der Waals surface area contributed by atoms with Crippen molar-refractivity contribution in [1.29, 1.82) is 0 Å². The third-order valence-corrected chi connectivity index (χ3v) is 11.4. The zero-order chi connectivity index (χ0) is 43.7. The van der Waals surface area contributed by atoms with Gasteiger partial charge in [0.05, 0.1) is 67.3 Å². The topological polar surface area (TPSA) is 200 Å². The first kappa shape index (κ1) is 41.1. The molecule has 3 aliphatic heterocycles. The average molecular weight is 850 g/mol. The molecule has 5 aromatic rings. The maximum atomic E-state index is 14.9. The second-order valence-corrected chi connectivity index (χ2v) is 16.3. The van der Waals surface area contributed by atoms with Gasteiger partial charge in [0.2, 0.25) is 11.8 Å². The average Bonchev–Trinajstić information content (AvgIpc) is 4.05. The molecule has 3 aliphatic rings. The Morgan fingerprint density at radius 1 is 0.820 bits per heavy atom. The number of hydrogen-bond donors (Lipinski definition) is 5. The molecule has 2 fully saturated rings. The number of ether oxygens (including phenoxy) is 2. The molecule has 0 radical (unpaired) electrons. The molecule has 0 spiro atoms. The van der Waals surface area contributed by atoms with E-state index in [1.54, 1.807) is 52.0 Å². The lowest BCUT2D eigenvalue weighted by molar-refractivity contribution is -0.137. The molecule has 8 rings (SSSR count). The normalized spacial score (nSPS) is 19.8. The number of likely N-dealkylation sites (tertiary alicyclic amines) is 2. The Balaban J connectivity index is 1.05. The van der Waals surface area contributed by atoms with Crippen molar-refractivity contribution in [3.8, 4) is 39.7 Å². The van der Waals surface area contributed by atoms with E-state index in [0.29, 0.717) is 39.7 Å². The summed E-state index contributed by atoms with van der Waals surface area (Å²) in [5.41, 5.74) is 3.72. The number of carbonyl (C=O) groups excluding carboxylic acids is 3. The largest absolute Gasteiger partial charge is 0.465 e. The SMILES string of the molecule is COC(=O)N[C@H](C(=O)N1CC(F)(F)C[C@H]1c1ncc(-c2ccc3c4c2ccn4-c2ccc(-c4cnc([C@@H]5CC(F)(F)CN5C(=O)[C@@H](NC(=O)O)C(C)C)[nH]4)cc2O3)[nH]1)C(C)C. The van der Waals surface area contributed by atoms with E-state index < -0.39 is 97.8 Å². The van der Waals surface area contributed by atoms with Crippen LogP contribution >= 0.6 is 0 Å². The van der Waals surface area contributed by atoms with Gasteiger partial charge < -0.3 is 49.5 Å². The zero-order valence-electron chi connectivity index (χ0n) is 33.6. The lowest BCUT2D eigenvalue weighted by Crippen LogP contribution is -2.51. The van der Waals surface area contributed by atoms with Crippen LogP contribution in [0.1, 0.15) is 64.3 Å². The Morgan fingerprint density at radius 3 is 1.97 bits per heavy atom. The standard InChI is InChI=1S/C41H43F4N9O7/c1-19(2)31(50-38(57)58)36(55)53-17-40(42,43)13-27(53)34-46-15-24(48-34)21-6-8-26-30(12-21)61-29-9-7-22(23-10-11-52(26)33(23)29)25-16-47-35(49-25)28-14-41(44,45)18-54(28)37(56)32(20(3)4)51-39(59)60-5/h6-12,15-16,19-20,27-28,31-32,50H,13-14,17-18H2,1-5H3,(H,46,48)(H,47,49)(H,51,59)(H,57,58)/t27-,28-,31-,32-/m0/s1. The lowest BCUT2D eigenvalue weighted by atomic mass is 10.0. The summed E-state index contributed by atoms with van der Waals surface area (Å²) in [6, 6.07) is 6.29. The first-order valence-electron chi connectivity index (χ1n) is 19.6. The number of methoxy groups -OCH3 is 1. The molecule has 5 N–H and O–H groups in total. The van der Waals surface area contributed by atoms with Gasteiger partial charge in [-0.05, 0) is 42.2 Å². The van der Waals surface area contributed by atoms with Crippen molar-refractivity contribution >= 4 is 34.9 Å². The molecule has 0 saturated carbocycles. The van der Waals surface area contributed by atoms with Gasteiger partial charge in [0.1, 0.15) is 23.7 Å². The molecule has 4 amide bonds. The molecule has 61 heavy (non-hydrogen) atoms. The van der Waals surface area contributed by atoms with Crippen molar-refractivity contribution in [3.05, 3.63) is 66.6 Å². The Labute approximate surface area is 345 Å². The number of amides is 4. The minimum absolute atomic E-state index is 0.125. The van der Waals surface area contributed by atoms with Crippen LogP contribution in [0, 0.1) is 11.8 Å². The smallest absolute Gasteiger partial charge is 0.407 e. The number of alkyl halides is 4. The summed E-state index contributed by atoms with van der Waals surface area (Å²) in [6.07, 6.45) is 1.22. The number of alkyl carbamates (subject to hydrolysis) is 1. The molecule has 16 nitrogen and oxygen atoms in total. The Bertz CT molecular complexity index is 2550. The summed E-state index contributed by atoms with van der Waals surface area (Å²) in [4.78, 5) is 67.5. The number of rotatable bonds is 10.